The predicted octanol–water partition coefficient (Wildman–Crippen LogP) is 7.05. The molecule has 2 saturated carbocycles. The van der Waals surface area contributed by atoms with E-state index in [4.69, 9.17) is 28.4 Å². The van der Waals surface area contributed by atoms with Crippen molar-refractivity contribution in [3.05, 3.63) is 71.8 Å². The number of ether oxygens (including phenoxy) is 6. The largest absolute Gasteiger partial charge is 0.502 e. The first-order valence-electron chi connectivity index (χ1n) is 20.6. The number of aromatic nitrogens is 1. The van der Waals surface area contributed by atoms with Gasteiger partial charge in [0.15, 0.2) is 11.5 Å². The number of fused-ring (bicyclic) bond motifs is 1. The van der Waals surface area contributed by atoms with Crippen molar-refractivity contribution in [2.75, 3.05) is 31.7 Å². The van der Waals surface area contributed by atoms with Gasteiger partial charge in [-0.15, -0.1) is 0 Å². The van der Waals surface area contributed by atoms with E-state index in [0.29, 0.717) is 93.8 Å². The highest BCUT2D eigenvalue weighted by molar-refractivity contribution is 5.89. The van der Waals surface area contributed by atoms with E-state index in [2.05, 4.69) is 23.5 Å². The third kappa shape index (κ3) is 13.4. The number of benzene rings is 2. The van der Waals surface area contributed by atoms with E-state index in [-0.39, 0.29) is 67.4 Å². The van der Waals surface area contributed by atoms with Gasteiger partial charge < -0.3 is 43.8 Å². The lowest BCUT2D eigenvalue weighted by molar-refractivity contribution is -0.385. The van der Waals surface area contributed by atoms with Gasteiger partial charge in [-0.3, -0.25) is 29.3 Å². The molecular formula is C44H51N3O15. The standard InChI is InChI=1S/C44H51N3O15/c1-3-39(49)57-19-5-7-21-59-41(51)27-9-13-29(14-10-27)43(53)61-32-17-18-37(34(25-32)46-38-24-31-23-36(48)35(47(55)56)26-33(31)45-38)62-44(54)30-15-11-28(12-16-30)42(52)60-22-8-6-20-58-40(50)4-2/h3-4,17-18,23-30,45-46,48H,1-2,5-16,19-22H2. The Balaban J connectivity index is 1.18. The molecule has 1 heterocycles. The van der Waals surface area contributed by atoms with E-state index in [9.17, 15) is 44.0 Å². The van der Waals surface area contributed by atoms with Gasteiger partial charge in [-0.25, -0.2) is 9.59 Å². The number of carbonyl (C=O) groups is 6. The SMILES string of the molecule is C=CC(=O)OCCCCOC(=O)C1CCC(C(=O)Oc2ccc(OC(=O)C3CCC(C(=O)OCCCCOC(=O)C=C)CC3)c(Nc3cc4cc(O)c([N+](=O)[O-])cc4[nH]3)c2)CC1. The lowest BCUT2D eigenvalue weighted by Crippen LogP contribution is -2.30. The molecule has 2 fully saturated rings. The maximum Gasteiger partial charge on any atom is 0.330 e. The highest BCUT2D eigenvalue weighted by Gasteiger charge is 2.34. The second kappa shape index (κ2) is 22.8. The van der Waals surface area contributed by atoms with Crippen LogP contribution in [0.5, 0.6) is 17.2 Å². The van der Waals surface area contributed by atoms with Crippen LogP contribution in [0.3, 0.4) is 0 Å². The number of hydrogen-bond donors (Lipinski definition) is 3. The number of rotatable bonds is 21. The van der Waals surface area contributed by atoms with Gasteiger partial charge in [-0.1, -0.05) is 13.2 Å². The summed E-state index contributed by atoms with van der Waals surface area (Å²) in [4.78, 5) is 88.2. The molecule has 18 heteroatoms. The first kappa shape index (κ1) is 46.3. The summed E-state index contributed by atoms with van der Waals surface area (Å²) in [7, 11) is 0. The first-order chi connectivity index (χ1) is 29.8. The predicted molar refractivity (Wildman–Crippen MR) is 221 cm³/mol. The third-order valence-electron chi connectivity index (χ3n) is 10.7. The van der Waals surface area contributed by atoms with Crippen LogP contribution in [0.25, 0.3) is 10.9 Å². The molecule has 0 radical (unpaired) electrons. The number of anilines is 2. The van der Waals surface area contributed by atoms with Gasteiger partial charge in [0.25, 0.3) is 0 Å². The highest BCUT2D eigenvalue weighted by atomic mass is 16.6. The van der Waals surface area contributed by atoms with Gasteiger partial charge in [0, 0.05) is 29.7 Å². The Labute approximate surface area is 357 Å². The Morgan fingerprint density at radius 1 is 0.677 bits per heavy atom. The molecule has 0 atom stereocenters. The number of nitrogens with one attached hydrogen (secondary N) is 2. The Kier molecular flexibility index (Phi) is 17.0. The quantitative estimate of drug-likeness (QED) is 0.0184. The van der Waals surface area contributed by atoms with Gasteiger partial charge in [-0.05, 0) is 101 Å². The zero-order chi connectivity index (χ0) is 44.6. The fraction of sp³-hybridized carbons (Fsp3) is 0.455. The van der Waals surface area contributed by atoms with Crippen molar-refractivity contribution in [1.29, 1.82) is 0 Å². The molecule has 2 aliphatic carbocycles. The van der Waals surface area contributed by atoms with E-state index in [1.54, 1.807) is 6.07 Å². The van der Waals surface area contributed by atoms with Crippen LogP contribution >= 0.6 is 0 Å². The summed E-state index contributed by atoms with van der Waals surface area (Å²) in [5.41, 5.74) is 0.0667. The van der Waals surface area contributed by atoms with E-state index >= 15 is 0 Å². The van der Waals surface area contributed by atoms with E-state index in [0.717, 1.165) is 12.2 Å². The molecule has 3 N–H and O–H groups in total. The van der Waals surface area contributed by atoms with Gasteiger partial charge >= 0.3 is 41.5 Å². The molecule has 2 aliphatic rings. The Bertz CT molecular complexity index is 2130. The average Bonchev–Trinajstić information content (AvgIpc) is 3.66. The number of hydrogen-bond acceptors (Lipinski definition) is 16. The number of nitro benzene ring substituents is 1. The summed E-state index contributed by atoms with van der Waals surface area (Å²) in [5, 5.41) is 25.1. The second-order valence-corrected chi connectivity index (χ2v) is 15.1. The van der Waals surface area contributed by atoms with E-state index in [1.807, 2.05) is 0 Å². The number of carbonyl (C=O) groups excluding carboxylic acids is 6. The van der Waals surface area contributed by atoms with E-state index < -0.39 is 52.1 Å². The smallest absolute Gasteiger partial charge is 0.330 e. The molecule has 0 saturated heterocycles. The van der Waals surface area contributed by atoms with Crippen LogP contribution in [0.4, 0.5) is 17.2 Å². The van der Waals surface area contributed by atoms with Crippen molar-refractivity contribution in [2.24, 2.45) is 23.7 Å². The zero-order valence-electron chi connectivity index (χ0n) is 34.3. The van der Waals surface area contributed by atoms with Crippen molar-refractivity contribution in [1.82, 2.24) is 4.98 Å². The summed E-state index contributed by atoms with van der Waals surface area (Å²) in [6, 6.07) is 8.45. The number of esters is 6. The van der Waals surface area contributed by atoms with Crippen LogP contribution in [0.1, 0.15) is 77.0 Å². The molecule has 332 valence electrons. The first-order valence-corrected chi connectivity index (χ1v) is 20.6. The maximum absolute atomic E-state index is 13.5. The zero-order valence-corrected chi connectivity index (χ0v) is 34.3. The Morgan fingerprint density at radius 3 is 1.63 bits per heavy atom. The Hall–Kier alpha value is -6.72. The lowest BCUT2D eigenvalue weighted by atomic mass is 9.82. The molecule has 18 nitrogen and oxygen atoms in total. The summed E-state index contributed by atoms with van der Waals surface area (Å²) in [5.74, 6) is -4.43. The minimum atomic E-state index is -0.710. The molecule has 5 rings (SSSR count). The number of nitro groups is 1. The average molecular weight is 862 g/mol. The summed E-state index contributed by atoms with van der Waals surface area (Å²) >= 11 is 0. The number of H-pyrrole nitrogens is 1. The topological polar surface area (TPSA) is 249 Å². The maximum atomic E-state index is 13.5. The van der Waals surface area contributed by atoms with Crippen LogP contribution < -0.4 is 14.8 Å². The molecule has 0 unspecified atom stereocenters. The number of aromatic hydroxyl groups is 1. The second-order valence-electron chi connectivity index (χ2n) is 15.1. The molecule has 2 aromatic carbocycles. The molecule has 3 aromatic rings. The highest BCUT2D eigenvalue weighted by Crippen LogP contribution is 2.38. The van der Waals surface area contributed by atoms with Crippen molar-refractivity contribution < 1.29 is 67.2 Å². The molecule has 0 bridgehead atoms. The fourth-order valence-corrected chi connectivity index (χ4v) is 7.25. The monoisotopic (exact) mass is 861 g/mol. The van der Waals surface area contributed by atoms with Crippen LogP contribution in [0.2, 0.25) is 0 Å². The molecule has 1 aromatic heterocycles. The molecule has 62 heavy (non-hydrogen) atoms. The van der Waals surface area contributed by atoms with Crippen molar-refractivity contribution in [3.63, 3.8) is 0 Å². The van der Waals surface area contributed by atoms with Gasteiger partial charge in [0.05, 0.1) is 66.2 Å². The van der Waals surface area contributed by atoms with Crippen LogP contribution in [0.15, 0.2) is 61.7 Å². The molecule has 0 spiro atoms. The lowest BCUT2D eigenvalue weighted by Gasteiger charge is -2.26. The molecular weight excluding hydrogens is 810 g/mol. The third-order valence-corrected chi connectivity index (χ3v) is 10.7. The van der Waals surface area contributed by atoms with Gasteiger partial charge in [0.2, 0.25) is 0 Å². The minimum Gasteiger partial charge on any atom is -0.502 e. The van der Waals surface area contributed by atoms with Gasteiger partial charge in [-0.2, -0.15) is 0 Å². The normalized spacial score (nSPS) is 18.4. The van der Waals surface area contributed by atoms with Crippen LogP contribution in [0, 0.1) is 33.8 Å². The van der Waals surface area contributed by atoms with Gasteiger partial charge in [0.1, 0.15) is 11.6 Å². The van der Waals surface area contributed by atoms with Crippen molar-refractivity contribution in [2.45, 2.75) is 77.0 Å². The van der Waals surface area contributed by atoms with Crippen molar-refractivity contribution in [3.8, 4) is 17.2 Å². The number of unbranched alkanes of at least 4 members (excludes halogenated alkanes) is 2. The molecule has 0 amide bonds. The van der Waals surface area contributed by atoms with Crippen LogP contribution in [-0.4, -0.2) is 77.3 Å². The number of phenolic OH excluding ortho intramolecular Hbond substituents is 1. The molecule has 0 aliphatic heterocycles. The van der Waals surface area contributed by atoms with Crippen molar-refractivity contribution >= 4 is 63.9 Å². The van der Waals surface area contributed by atoms with Crippen LogP contribution in [-0.2, 0) is 47.7 Å². The number of nitrogens with zero attached hydrogens (tertiary/aromatic N) is 1. The Morgan fingerprint density at radius 2 is 1.15 bits per heavy atom. The van der Waals surface area contributed by atoms with E-state index in [1.165, 1.54) is 30.3 Å². The number of phenols is 1. The summed E-state index contributed by atoms with van der Waals surface area (Å²) in [6.07, 6.45) is 7.55. The minimum absolute atomic E-state index is 0.0967. The summed E-state index contributed by atoms with van der Waals surface area (Å²) < 4.78 is 32.3. The summed E-state index contributed by atoms with van der Waals surface area (Å²) in [6.45, 7) is 7.44. The fourth-order valence-electron chi connectivity index (χ4n) is 7.25. The number of aromatic amines is 1.